The first-order chi connectivity index (χ1) is 15.5. The summed E-state index contributed by atoms with van der Waals surface area (Å²) in [5.74, 6) is -1.78. The lowest BCUT2D eigenvalue weighted by Crippen LogP contribution is -2.31. The molecule has 2 heterocycles. The van der Waals surface area contributed by atoms with Gasteiger partial charge in [-0.1, -0.05) is 32.9 Å². The molecule has 0 aliphatic heterocycles. The topological polar surface area (TPSA) is 128 Å². The summed E-state index contributed by atoms with van der Waals surface area (Å²) in [5, 5.41) is 19.8. The molecule has 3 aromatic rings. The molecule has 1 aromatic carbocycles. The molecule has 33 heavy (non-hydrogen) atoms. The van der Waals surface area contributed by atoms with Crippen molar-refractivity contribution in [3.8, 4) is 5.88 Å². The Balaban J connectivity index is 2.36. The molecule has 0 bridgehead atoms. The van der Waals surface area contributed by atoms with Crippen molar-refractivity contribution < 1.29 is 24.1 Å². The standard InChI is InChI=1S/C24H28FN3O5/c1-5-33-22-14(9-13-7-6-8-17(26)19(13)25)10-15-20(30)16(23(31)32)11-28(21(15)27-22)18(12-29)24(2,3)4/h6-8,10-11,18,29H,5,9,12,26H2,1-4H3,(H,31,32)/t18-/m1/s1. The summed E-state index contributed by atoms with van der Waals surface area (Å²) in [7, 11) is 0. The van der Waals surface area contributed by atoms with E-state index in [1.807, 2.05) is 20.8 Å². The average molecular weight is 458 g/mol. The molecule has 0 radical (unpaired) electrons. The molecule has 8 nitrogen and oxygen atoms in total. The number of ether oxygens (including phenoxy) is 1. The predicted molar refractivity (Wildman–Crippen MR) is 123 cm³/mol. The van der Waals surface area contributed by atoms with E-state index >= 15 is 0 Å². The first-order valence-electron chi connectivity index (χ1n) is 10.6. The molecule has 0 fully saturated rings. The minimum atomic E-state index is -1.39. The van der Waals surface area contributed by atoms with Crippen molar-refractivity contribution in [1.82, 2.24) is 9.55 Å². The number of aromatic nitrogens is 2. The minimum absolute atomic E-state index is 0.00862. The zero-order valence-corrected chi connectivity index (χ0v) is 19.1. The normalized spacial score (nSPS) is 12.7. The van der Waals surface area contributed by atoms with Crippen molar-refractivity contribution in [1.29, 1.82) is 0 Å². The van der Waals surface area contributed by atoms with Crippen molar-refractivity contribution in [3.63, 3.8) is 0 Å². The van der Waals surface area contributed by atoms with Gasteiger partial charge in [0.2, 0.25) is 11.3 Å². The van der Waals surface area contributed by atoms with Crippen LogP contribution in [-0.2, 0) is 6.42 Å². The third-order valence-electron chi connectivity index (χ3n) is 5.55. The van der Waals surface area contributed by atoms with Gasteiger partial charge in [0.05, 0.1) is 30.3 Å². The fourth-order valence-corrected chi connectivity index (χ4v) is 3.80. The maximum absolute atomic E-state index is 14.6. The number of anilines is 1. The van der Waals surface area contributed by atoms with Gasteiger partial charge in [-0.15, -0.1) is 0 Å². The van der Waals surface area contributed by atoms with Gasteiger partial charge in [-0.3, -0.25) is 4.79 Å². The van der Waals surface area contributed by atoms with Crippen molar-refractivity contribution in [2.75, 3.05) is 18.9 Å². The molecular weight excluding hydrogens is 429 g/mol. The first-order valence-corrected chi connectivity index (χ1v) is 10.6. The summed E-state index contributed by atoms with van der Waals surface area (Å²) < 4.78 is 21.8. The molecule has 0 saturated heterocycles. The molecule has 4 N–H and O–H groups in total. The third kappa shape index (κ3) is 4.68. The van der Waals surface area contributed by atoms with E-state index in [-0.39, 0.29) is 47.8 Å². The van der Waals surface area contributed by atoms with Gasteiger partial charge in [-0.05, 0) is 30.0 Å². The zero-order chi connectivity index (χ0) is 24.5. The number of pyridine rings is 2. The molecule has 0 unspecified atom stereocenters. The number of aliphatic hydroxyl groups excluding tert-OH is 1. The second-order valence-corrected chi connectivity index (χ2v) is 8.90. The summed E-state index contributed by atoms with van der Waals surface area (Å²) in [6, 6.07) is 5.54. The number of aliphatic hydroxyl groups is 1. The predicted octanol–water partition coefficient (Wildman–Crippen LogP) is 3.39. The quantitative estimate of drug-likeness (QED) is 0.464. The van der Waals surface area contributed by atoms with E-state index < -0.39 is 34.2 Å². The lowest BCUT2D eigenvalue weighted by Gasteiger charge is -2.32. The lowest BCUT2D eigenvalue weighted by molar-refractivity contribution is 0.0692. The number of nitrogens with two attached hydrogens (primary N) is 1. The Kier molecular flexibility index (Phi) is 6.73. The number of hydrogen-bond donors (Lipinski definition) is 3. The van der Waals surface area contributed by atoms with Crippen LogP contribution in [0.3, 0.4) is 0 Å². The van der Waals surface area contributed by atoms with E-state index in [4.69, 9.17) is 10.5 Å². The largest absolute Gasteiger partial charge is 0.478 e. The van der Waals surface area contributed by atoms with Gasteiger partial charge in [0.1, 0.15) is 17.0 Å². The van der Waals surface area contributed by atoms with Crippen molar-refractivity contribution in [3.05, 3.63) is 63.2 Å². The van der Waals surface area contributed by atoms with Crippen molar-refractivity contribution >= 4 is 22.7 Å². The highest BCUT2D eigenvalue weighted by atomic mass is 19.1. The minimum Gasteiger partial charge on any atom is -0.478 e. The van der Waals surface area contributed by atoms with Crippen LogP contribution in [0.4, 0.5) is 10.1 Å². The van der Waals surface area contributed by atoms with Gasteiger partial charge in [-0.25, -0.2) is 9.18 Å². The molecule has 0 saturated carbocycles. The fraction of sp³-hybridized carbons (Fsp3) is 0.375. The van der Waals surface area contributed by atoms with E-state index in [2.05, 4.69) is 4.98 Å². The highest BCUT2D eigenvalue weighted by Crippen LogP contribution is 2.33. The van der Waals surface area contributed by atoms with Crippen LogP contribution in [0.2, 0.25) is 0 Å². The van der Waals surface area contributed by atoms with Crippen LogP contribution in [0.5, 0.6) is 5.88 Å². The molecule has 9 heteroatoms. The van der Waals surface area contributed by atoms with Gasteiger partial charge in [0.15, 0.2) is 0 Å². The summed E-state index contributed by atoms with van der Waals surface area (Å²) in [5.41, 5.74) is 4.91. The zero-order valence-electron chi connectivity index (χ0n) is 19.1. The number of hydrogen-bond acceptors (Lipinski definition) is 6. The van der Waals surface area contributed by atoms with Gasteiger partial charge in [-0.2, -0.15) is 4.98 Å². The monoisotopic (exact) mass is 457 g/mol. The molecule has 0 amide bonds. The third-order valence-corrected chi connectivity index (χ3v) is 5.55. The molecule has 0 aliphatic rings. The molecule has 3 rings (SSSR count). The Morgan fingerprint density at radius 3 is 2.58 bits per heavy atom. The van der Waals surface area contributed by atoms with Crippen molar-refractivity contribution in [2.45, 2.75) is 40.2 Å². The number of carboxylic acids is 1. The van der Waals surface area contributed by atoms with E-state index in [1.54, 1.807) is 19.1 Å². The Morgan fingerprint density at radius 1 is 1.30 bits per heavy atom. The number of carboxylic acid groups (broad SMARTS) is 1. The Bertz CT molecular complexity index is 1260. The first kappa shape index (κ1) is 24.2. The number of aromatic carboxylic acids is 1. The maximum atomic E-state index is 14.6. The number of fused-ring (bicyclic) bond motifs is 1. The van der Waals surface area contributed by atoms with E-state index in [9.17, 15) is 24.2 Å². The van der Waals surface area contributed by atoms with Gasteiger partial charge < -0.3 is 25.3 Å². The van der Waals surface area contributed by atoms with Gasteiger partial charge in [0.25, 0.3) is 0 Å². The highest BCUT2D eigenvalue weighted by Gasteiger charge is 2.29. The number of halogens is 1. The van der Waals surface area contributed by atoms with Crippen LogP contribution in [-0.4, -0.2) is 38.9 Å². The maximum Gasteiger partial charge on any atom is 0.341 e. The molecule has 2 aromatic heterocycles. The van der Waals surface area contributed by atoms with Crippen LogP contribution in [0.1, 0.15) is 55.2 Å². The lowest BCUT2D eigenvalue weighted by atomic mass is 9.86. The summed E-state index contributed by atoms with van der Waals surface area (Å²) in [6.07, 6.45) is 1.24. The molecular formula is C24H28FN3O5. The Hall–Kier alpha value is -3.46. The SMILES string of the molecule is CCOc1nc2c(cc1Cc1cccc(N)c1F)c(=O)c(C(=O)O)cn2[C@H](CO)C(C)(C)C. The summed E-state index contributed by atoms with van der Waals surface area (Å²) in [6.45, 7) is 7.40. The van der Waals surface area contributed by atoms with Crippen LogP contribution in [0.15, 0.2) is 35.3 Å². The van der Waals surface area contributed by atoms with Crippen LogP contribution in [0.25, 0.3) is 11.0 Å². The number of rotatable bonds is 7. The second-order valence-electron chi connectivity index (χ2n) is 8.90. The molecule has 0 spiro atoms. The number of benzene rings is 1. The van der Waals surface area contributed by atoms with Crippen LogP contribution < -0.4 is 15.9 Å². The number of nitrogens with zero attached hydrogens (tertiary/aromatic N) is 2. The van der Waals surface area contributed by atoms with Crippen molar-refractivity contribution in [2.24, 2.45) is 5.41 Å². The Labute approximate surface area is 190 Å². The van der Waals surface area contributed by atoms with Gasteiger partial charge in [0, 0.05) is 18.2 Å². The average Bonchev–Trinajstić information content (AvgIpc) is 2.73. The van der Waals surface area contributed by atoms with Crippen LogP contribution >= 0.6 is 0 Å². The van der Waals surface area contributed by atoms with E-state index in [0.717, 1.165) is 0 Å². The summed E-state index contributed by atoms with van der Waals surface area (Å²) in [4.78, 5) is 29.4. The van der Waals surface area contributed by atoms with E-state index in [1.165, 1.54) is 22.9 Å². The second kappa shape index (κ2) is 9.19. The molecule has 1 atom stereocenters. The number of carbonyl (C=O) groups is 1. The van der Waals surface area contributed by atoms with E-state index in [0.29, 0.717) is 5.56 Å². The fourth-order valence-electron chi connectivity index (χ4n) is 3.80. The van der Waals surface area contributed by atoms with Crippen LogP contribution in [0, 0.1) is 11.2 Å². The molecule has 0 aliphatic carbocycles. The highest BCUT2D eigenvalue weighted by molar-refractivity contribution is 5.92. The summed E-state index contributed by atoms with van der Waals surface area (Å²) >= 11 is 0. The molecule has 176 valence electrons. The number of nitrogen functional groups attached to an aromatic ring is 1. The smallest absolute Gasteiger partial charge is 0.341 e. The Morgan fingerprint density at radius 2 is 2.00 bits per heavy atom. The van der Waals surface area contributed by atoms with Gasteiger partial charge >= 0.3 is 5.97 Å².